The van der Waals surface area contributed by atoms with Crippen molar-refractivity contribution in [3.8, 4) is 11.6 Å². The van der Waals surface area contributed by atoms with Crippen molar-refractivity contribution in [1.82, 2.24) is 9.97 Å². The summed E-state index contributed by atoms with van der Waals surface area (Å²) in [6.07, 6.45) is 1.81. The van der Waals surface area contributed by atoms with E-state index in [-0.39, 0.29) is 17.4 Å². The van der Waals surface area contributed by atoms with Gasteiger partial charge in [0.05, 0.1) is 11.0 Å². The molecule has 1 aromatic heterocycles. The predicted molar refractivity (Wildman–Crippen MR) is 71.4 cm³/mol. The summed E-state index contributed by atoms with van der Waals surface area (Å²) in [5, 5.41) is 11.1. The molecule has 0 bridgehead atoms. The van der Waals surface area contributed by atoms with Gasteiger partial charge in [0.2, 0.25) is 5.88 Å². The number of aromatic nitrogens is 2. The molecule has 0 fully saturated rings. The second-order valence-corrected chi connectivity index (χ2v) is 4.25. The molecular formula is C11H10N4O3S. The van der Waals surface area contributed by atoms with Crippen molar-refractivity contribution < 1.29 is 9.66 Å². The molecule has 1 aromatic carbocycles. The summed E-state index contributed by atoms with van der Waals surface area (Å²) >= 11 is 1.33. The summed E-state index contributed by atoms with van der Waals surface area (Å²) < 4.78 is 5.44. The minimum Gasteiger partial charge on any atom is -0.439 e. The average molecular weight is 278 g/mol. The third kappa shape index (κ3) is 3.32. The molecule has 0 spiro atoms. The van der Waals surface area contributed by atoms with Crippen LogP contribution >= 0.6 is 11.8 Å². The molecule has 7 nitrogen and oxygen atoms in total. The van der Waals surface area contributed by atoms with E-state index in [1.54, 1.807) is 6.07 Å². The molecule has 1 heterocycles. The molecule has 0 saturated carbocycles. The number of anilines is 1. The van der Waals surface area contributed by atoms with Gasteiger partial charge in [-0.3, -0.25) is 10.1 Å². The fourth-order valence-electron chi connectivity index (χ4n) is 1.35. The number of rotatable bonds is 4. The average Bonchev–Trinajstić information content (AvgIpc) is 2.38. The van der Waals surface area contributed by atoms with Crippen LogP contribution in [0.1, 0.15) is 0 Å². The monoisotopic (exact) mass is 278 g/mol. The van der Waals surface area contributed by atoms with Crippen molar-refractivity contribution in [2.75, 3.05) is 12.0 Å². The Morgan fingerprint density at radius 2 is 2.16 bits per heavy atom. The summed E-state index contributed by atoms with van der Waals surface area (Å²) in [6, 6.07) is 7.29. The Kier molecular flexibility index (Phi) is 3.81. The summed E-state index contributed by atoms with van der Waals surface area (Å²) in [7, 11) is 0. The first-order chi connectivity index (χ1) is 9.08. The first-order valence-electron chi connectivity index (χ1n) is 5.19. The fraction of sp³-hybridized carbons (Fsp3) is 0.0909. The highest BCUT2D eigenvalue weighted by Gasteiger charge is 2.09. The quantitative estimate of drug-likeness (QED) is 0.396. The van der Waals surface area contributed by atoms with Crippen LogP contribution in [-0.4, -0.2) is 21.1 Å². The molecule has 8 heteroatoms. The maximum atomic E-state index is 10.7. The van der Waals surface area contributed by atoms with Crippen LogP contribution < -0.4 is 10.5 Å². The maximum Gasteiger partial charge on any atom is 0.273 e. The van der Waals surface area contributed by atoms with Gasteiger partial charge < -0.3 is 10.5 Å². The molecule has 0 aliphatic rings. The van der Waals surface area contributed by atoms with Crippen LogP contribution in [0, 0.1) is 10.1 Å². The molecule has 0 radical (unpaired) electrons. The van der Waals surface area contributed by atoms with E-state index in [1.807, 2.05) is 6.26 Å². The van der Waals surface area contributed by atoms with E-state index in [4.69, 9.17) is 10.5 Å². The van der Waals surface area contributed by atoms with Gasteiger partial charge in [0.1, 0.15) is 11.6 Å². The summed E-state index contributed by atoms with van der Waals surface area (Å²) in [5.74, 6) is 0.844. The van der Waals surface area contributed by atoms with E-state index in [0.717, 1.165) is 0 Å². The summed E-state index contributed by atoms with van der Waals surface area (Å²) in [4.78, 5) is 18.3. The lowest BCUT2D eigenvalue weighted by atomic mass is 10.3. The van der Waals surface area contributed by atoms with Gasteiger partial charge in [-0.15, -0.1) is 0 Å². The number of nitro benzene ring substituents is 1. The number of benzene rings is 1. The number of thioether (sulfide) groups is 1. The third-order valence-corrected chi connectivity index (χ3v) is 2.68. The third-order valence-electron chi connectivity index (χ3n) is 2.14. The molecule has 0 atom stereocenters. The van der Waals surface area contributed by atoms with Gasteiger partial charge in [0.25, 0.3) is 5.69 Å². The summed E-state index contributed by atoms with van der Waals surface area (Å²) in [6.45, 7) is 0. The lowest BCUT2D eigenvalue weighted by molar-refractivity contribution is -0.384. The largest absolute Gasteiger partial charge is 0.439 e. The molecule has 2 rings (SSSR count). The highest BCUT2D eigenvalue weighted by Crippen LogP contribution is 2.25. The SMILES string of the molecule is CSc1nc(N)cc(Oc2cccc([N+](=O)[O-])c2)n1. The second kappa shape index (κ2) is 5.53. The number of nitrogen functional groups attached to an aromatic ring is 1. The molecule has 0 unspecified atom stereocenters. The normalized spacial score (nSPS) is 10.2. The fourth-order valence-corrected chi connectivity index (χ4v) is 1.72. The minimum atomic E-state index is -0.492. The Morgan fingerprint density at radius 1 is 1.37 bits per heavy atom. The predicted octanol–water partition coefficient (Wildman–Crippen LogP) is 2.48. The highest BCUT2D eigenvalue weighted by molar-refractivity contribution is 7.98. The van der Waals surface area contributed by atoms with E-state index in [2.05, 4.69) is 9.97 Å². The number of ether oxygens (including phenoxy) is 1. The minimum absolute atomic E-state index is 0.0513. The summed E-state index contributed by atoms with van der Waals surface area (Å²) in [5.41, 5.74) is 5.56. The Labute approximate surface area is 113 Å². The molecule has 0 saturated heterocycles. The van der Waals surface area contributed by atoms with E-state index in [1.165, 1.54) is 36.0 Å². The van der Waals surface area contributed by atoms with Gasteiger partial charge in [-0.25, -0.2) is 4.98 Å². The van der Waals surface area contributed by atoms with Gasteiger partial charge in [-0.2, -0.15) is 4.98 Å². The number of nitro groups is 1. The second-order valence-electron chi connectivity index (χ2n) is 3.47. The van der Waals surface area contributed by atoms with Crippen molar-refractivity contribution in [2.45, 2.75) is 5.16 Å². The zero-order valence-corrected chi connectivity index (χ0v) is 10.8. The molecular weight excluding hydrogens is 268 g/mol. The molecule has 98 valence electrons. The lowest BCUT2D eigenvalue weighted by Crippen LogP contribution is -1.97. The van der Waals surface area contributed by atoms with Crippen molar-refractivity contribution in [2.24, 2.45) is 0 Å². The first kappa shape index (κ1) is 13.1. The zero-order valence-electron chi connectivity index (χ0n) is 9.94. The number of nitrogens with zero attached hydrogens (tertiary/aromatic N) is 3. The van der Waals surface area contributed by atoms with E-state index < -0.39 is 4.92 Å². The maximum absolute atomic E-state index is 10.7. The highest BCUT2D eigenvalue weighted by atomic mass is 32.2. The van der Waals surface area contributed by atoms with Crippen LogP contribution in [0.15, 0.2) is 35.5 Å². The van der Waals surface area contributed by atoms with Crippen LogP contribution in [0.2, 0.25) is 0 Å². The molecule has 0 aliphatic carbocycles. The van der Waals surface area contributed by atoms with E-state index in [0.29, 0.717) is 10.9 Å². The van der Waals surface area contributed by atoms with E-state index in [9.17, 15) is 10.1 Å². The molecule has 0 amide bonds. The smallest absolute Gasteiger partial charge is 0.273 e. The van der Waals surface area contributed by atoms with Crippen LogP contribution in [-0.2, 0) is 0 Å². The topological polar surface area (TPSA) is 104 Å². The molecule has 19 heavy (non-hydrogen) atoms. The van der Waals surface area contributed by atoms with Crippen molar-refractivity contribution in [3.63, 3.8) is 0 Å². The number of hydrogen-bond donors (Lipinski definition) is 1. The van der Waals surface area contributed by atoms with Gasteiger partial charge in [-0.05, 0) is 12.3 Å². The Balaban J connectivity index is 2.28. The Morgan fingerprint density at radius 3 is 2.84 bits per heavy atom. The van der Waals surface area contributed by atoms with Crippen LogP contribution in [0.3, 0.4) is 0 Å². The van der Waals surface area contributed by atoms with Crippen LogP contribution in [0.25, 0.3) is 0 Å². The van der Waals surface area contributed by atoms with Crippen LogP contribution in [0.5, 0.6) is 11.6 Å². The van der Waals surface area contributed by atoms with Crippen molar-refractivity contribution in [1.29, 1.82) is 0 Å². The van der Waals surface area contributed by atoms with E-state index >= 15 is 0 Å². The zero-order chi connectivity index (χ0) is 13.8. The van der Waals surface area contributed by atoms with Crippen molar-refractivity contribution in [3.05, 3.63) is 40.4 Å². The lowest BCUT2D eigenvalue weighted by Gasteiger charge is -2.06. The van der Waals surface area contributed by atoms with Gasteiger partial charge in [0.15, 0.2) is 5.16 Å². The van der Waals surface area contributed by atoms with Crippen molar-refractivity contribution >= 4 is 23.3 Å². The van der Waals surface area contributed by atoms with Crippen LogP contribution in [0.4, 0.5) is 11.5 Å². The van der Waals surface area contributed by atoms with Gasteiger partial charge >= 0.3 is 0 Å². The molecule has 2 N–H and O–H groups in total. The first-order valence-corrected chi connectivity index (χ1v) is 6.42. The van der Waals surface area contributed by atoms with Gasteiger partial charge in [-0.1, -0.05) is 17.8 Å². The molecule has 0 aliphatic heterocycles. The Bertz CT molecular complexity index is 621. The number of hydrogen-bond acceptors (Lipinski definition) is 7. The number of nitrogens with two attached hydrogens (primary N) is 1. The molecule has 2 aromatic rings. The standard InChI is InChI=1S/C11H10N4O3S/c1-19-11-13-9(12)6-10(14-11)18-8-4-2-3-7(5-8)15(16)17/h2-6H,1H3,(H2,12,13,14). The Hall–Kier alpha value is -2.35. The van der Waals surface area contributed by atoms with Gasteiger partial charge in [0, 0.05) is 12.1 Å². The number of non-ortho nitro benzene ring substituents is 1.